The van der Waals surface area contributed by atoms with Crippen LogP contribution in [-0.4, -0.2) is 54.3 Å². The summed E-state index contributed by atoms with van der Waals surface area (Å²) in [6.45, 7) is 3.36. The van der Waals surface area contributed by atoms with Crippen LogP contribution >= 0.6 is 0 Å². The molecule has 2 N–H and O–H groups in total. The van der Waals surface area contributed by atoms with Crippen molar-refractivity contribution < 1.29 is 9.59 Å². The van der Waals surface area contributed by atoms with Crippen LogP contribution in [0, 0.1) is 5.92 Å². The van der Waals surface area contributed by atoms with Gasteiger partial charge in [0.1, 0.15) is 0 Å². The summed E-state index contributed by atoms with van der Waals surface area (Å²) in [5.41, 5.74) is 8.12. The highest BCUT2D eigenvalue weighted by atomic mass is 16.2. The van der Waals surface area contributed by atoms with Crippen molar-refractivity contribution in [2.75, 3.05) is 32.7 Å². The van der Waals surface area contributed by atoms with Crippen molar-refractivity contribution in [3.05, 3.63) is 35.4 Å². The van der Waals surface area contributed by atoms with E-state index in [0.29, 0.717) is 25.4 Å². The molecular formula is C19H27N3O2. The second-order valence-electron chi connectivity index (χ2n) is 7.06. The normalized spacial score (nSPS) is 21.8. The molecule has 0 unspecified atom stereocenters. The lowest BCUT2D eigenvalue weighted by Gasteiger charge is -2.27. The van der Waals surface area contributed by atoms with E-state index in [0.717, 1.165) is 45.3 Å². The van der Waals surface area contributed by atoms with Crippen LogP contribution < -0.4 is 5.73 Å². The van der Waals surface area contributed by atoms with E-state index in [1.807, 2.05) is 9.80 Å². The van der Waals surface area contributed by atoms with Crippen LogP contribution in [0.15, 0.2) is 24.3 Å². The number of nitrogens with two attached hydrogens (primary N) is 1. The van der Waals surface area contributed by atoms with Gasteiger partial charge in [-0.3, -0.25) is 14.5 Å². The van der Waals surface area contributed by atoms with Crippen molar-refractivity contribution in [2.45, 2.75) is 32.1 Å². The second kappa shape index (κ2) is 7.79. The van der Waals surface area contributed by atoms with Crippen LogP contribution in [-0.2, 0) is 22.4 Å². The summed E-state index contributed by atoms with van der Waals surface area (Å²) in [5, 5.41) is 0. The standard InChI is InChI=1S/C19H27N3O2/c20-18(23)14-21-8-3-9-22(11-10-21)19(24)13-15-6-7-16-4-1-2-5-17(16)12-15/h1-2,4-5,15H,3,6-14H2,(H2,20,23)/t15-/m0/s1. The van der Waals surface area contributed by atoms with E-state index >= 15 is 0 Å². The van der Waals surface area contributed by atoms with Gasteiger partial charge in [-0.25, -0.2) is 0 Å². The Hall–Kier alpha value is -1.88. The van der Waals surface area contributed by atoms with Gasteiger partial charge in [0.25, 0.3) is 0 Å². The van der Waals surface area contributed by atoms with E-state index in [1.54, 1.807) is 0 Å². The summed E-state index contributed by atoms with van der Waals surface area (Å²) in [4.78, 5) is 27.8. The number of aryl methyl sites for hydroxylation is 1. The maximum Gasteiger partial charge on any atom is 0.231 e. The molecule has 0 spiro atoms. The van der Waals surface area contributed by atoms with Gasteiger partial charge in [0.2, 0.25) is 11.8 Å². The van der Waals surface area contributed by atoms with Gasteiger partial charge in [-0.2, -0.15) is 0 Å². The van der Waals surface area contributed by atoms with E-state index in [9.17, 15) is 9.59 Å². The molecule has 2 amide bonds. The lowest BCUT2D eigenvalue weighted by Crippen LogP contribution is -2.38. The molecule has 1 fully saturated rings. The predicted molar refractivity (Wildman–Crippen MR) is 93.4 cm³/mol. The van der Waals surface area contributed by atoms with Gasteiger partial charge in [-0.15, -0.1) is 0 Å². The minimum atomic E-state index is -0.296. The molecule has 1 aromatic rings. The lowest BCUT2D eigenvalue weighted by molar-refractivity contribution is -0.132. The first-order valence-corrected chi connectivity index (χ1v) is 8.97. The fourth-order valence-corrected chi connectivity index (χ4v) is 3.92. The Balaban J connectivity index is 1.51. The molecule has 24 heavy (non-hydrogen) atoms. The van der Waals surface area contributed by atoms with Crippen molar-refractivity contribution in [1.29, 1.82) is 0 Å². The average molecular weight is 329 g/mol. The van der Waals surface area contributed by atoms with Crippen LogP contribution in [0.2, 0.25) is 0 Å². The van der Waals surface area contributed by atoms with Crippen molar-refractivity contribution in [2.24, 2.45) is 11.7 Å². The first-order chi connectivity index (χ1) is 11.6. The summed E-state index contributed by atoms with van der Waals surface area (Å²) in [5.74, 6) is 0.424. The molecule has 1 aliphatic carbocycles. The van der Waals surface area contributed by atoms with Gasteiger partial charge in [0.15, 0.2) is 0 Å². The van der Waals surface area contributed by atoms with E-state index < -0.39 is 0 Å². The number of fused-ring (bicyclic) bond motifs is 1. The molecule has 0 aromatic heterocycles. The number of rotatable bonds is 4. The smallest absolute Gasteiger partial charge is 0.231 e. The highest BCUT2D eigenvalue weighted by molar-refractivity contribution is 5.77. The summed E-state index contributed by atoms with van der Waals surface area (Å²) >= 11 is 0. The summed E-state index contributed by atoms with van der Waals surface area (Å²) in [6, 6.07) is 8.58. The van der Waals surface area contributed by atoms with E-state index in [1.165, 1.54) is 11.1 Å². The van der Waals surface area contributed by atoms with Crippen LogP contribution in [0.4, 0.5) is 0 Å². The van der Waals surface area contributed by atoms with Crippen molar-refractivity contribution in [3.63, 3.8) is 0 Å². The van der Waals surface area contributed by atoms with Gasteiger partial charge in [-0.05, 0) is 42.7 Å². The molecule has 5 heteroatoms. The Morgan fingerprint density at radius 2 is 1.88 bits per heavy atom. The Kier molecular flexibility index (Phi) is 5.51. The Bertz CT molecular complexity index is 602. The fraction of sp³-hybridized carbons (Fsp3) is 0.579. The monoisotopic (exact) mass is 329 g/mol. The molecule has 130 valence electrons. The SMILES string of the molecule is NC(=O)CN1CCCN(C(=O)C[C@H]2CCc3ccccc3C2)CC1. The molecule has 1 aromatic carbocycles. The van der Waals surface area contributed by atoms with Gasteiger partial charge in [-0.1, -0.05) is 24.3 Å². The molecule has 1 saturated heterocycles. The first kappa shape index (κ1) is 17.0. The highest BCUT2D eigenvalue weighted by Gasteiger charge is 2.25. The fourth-order valence-electron chi connectivity index (χ4n) is 3.92. The molecule has 5 nitrogen and oxygen atoms in total. The summed E-state index contributed by atoms with van der Waals surface area (Å²) in [7, 11) is 0. The number of hydrogen-bond acceptors (Lipinski definition) is 3. The minimum Gasteiger partial charge on any atom is -0.369 e. The van der Waals surface area contributed by atoms with Crippen molar-refractivity contribution >= 4 is 11.8 Å². The Morgan fingerprint density at radius 1 is 1.08 bits per heavy atom. The van der Waals surface area contributed by atoms with Crippen LogP contribution in [0.3, 0.4) is 0 Å². The van der Waals surface area contributed by atoms with E-state index in [4.69, 9.17) is 5.73 Å². The molecule has 0 saturated carbocycles. The number of nitrogens with zero attached hydrogens (tertiary/aromatic N) is 2. The third kappa shape index (κ3) is 4.35. The van der Waals surface area contributed by atoms with Crippen LogP contribution in [0.5, 0.6) is 0 Å². The number of benzene rings is 1. The number of hydrogen-bond donors (Lipinski definition) is 1. The van der Waals surface area contributed by atoms with Gasteiger partial charge in [0.05, 0.1) is 6.54 Å². The maximum atomic E-state index is 12.7. The molecule has 0 bridgehead atoms. The quantitative estimate of drug-likeness (QED) is 0.903. The third-order valence-corrected chi connectivity index (χ3v) is 5.23. The van der Waals surface area contributed by atoms with Crippen LogP contribution in [0.25, 0.3) is 0 Å². The predicted octanol–water partition coefficient (Wildman–Crippen LogP) is 1.20. The number of primary amides is 1. The first-order valence-electron chi connectivity index (χ1n) is 8.97. The Morgan fingerprint density at radius 3 is 2.67 bits per heavy atom. The van der Waals surface area contributed by atoms with Gasteiger partial charge < -0.3 is 10.6 Å². The van der Waals surface area contributed by atoms with Crippen LogP contribution in [0.1, 0.15) is 30.4 Å². The van der Waals surface area contributed by atoms with Crippen molar-refractivity contribution in [3.8, 4) is 0 Å². The highest BCUT2D eigenvalue weighted by Crippen LogP contribution is 2.28. The van der Waals surface area contributed by atoms with Gasteiger partial charge in [0, 0.05) is 32.6 Å². The average Bonchev–Trinajstić information content (AvgIpc) is 2.80. The number of amides is 2. The zero-order valence-electron chi connectivity index (χ0n) is 14.2. The van der Waals surface area contributed by atoms with E-state index in [2.05, 4.69) is 24.3 Å². The van der Waals surface area contributed by atoms with Gasteiger partial charge >= 0.3 is 0 Å². The minimum absolute atomic E-state index is 0.264. The second-order valence-corrected chi connectivity index (χ2v) is 7.06. The largest absolute Gasteiger partial charge is 0.369 e. The summed E-state index contributed by atoms with van der Waals surface area (Å²) in [6.07, 6.45) is 4.76. The van der Waals surface area contributed by atoms with E-state index in [-0.39, 0.29) is 11.8 Å². The molecule has 3 rings (SSSR count). The zero-order chi connectivity index (χ0) is 16.9. The maximum absolute atomic E-state index is 12.7. The molecular weight excluding hydrogens is 302 g/mol. The third-order valence-electron chi connectivity index (χ3n) is 5.23. The molecule has 1 aliphatic heterocycles. The Labute approximate surface area is 143 Å². The lowest BCUT2D eigenvalue weighted by atomic mass is 9.82. The topological polar surface area (TPSA) is 66.6 Å². The molecule has 2 aliphatic rings. The molecule has 1 atom stereocenters. The number of carbonyl (C=O) groups excluding carboxylic acids is 2. The van der Waals surface area contributed by atoms with Crippen molar-refractivity contribution in [1.82, 2.24) is 9.80 Å². The number of carbonyl (C=O) groups is 2. The zero-order valence-corrected chi connectivity index (χ0v) is 14.2. The molecule has 1 heterocycles. The molecule has 0 radical (unpaired) electrons. The summed E-state index contributed by atoms with van der Waals surface area (Å²) < 4.78 is 0.